The minimum Gasteiger partial charge on any atom is -0.496 e. The summed E-state index contributed by atoms with van der Waals surface area (Å²) in [7, 11) is 1.69. The van der Waals surface area contributed by atoms with Crippen molar-refractivity contribution in [2.75, 3.05) is 31.6 Å². The van der Waals surface area contributed by atoms with Gasteiger partial charge in [0.2, 0.25) is 5.91 Å². The van der Waals surface area contributed by atoms with Gasteiger partial charge in [-0.15, -0.1) is 0 Å². The monoisotopic (exact) mass is 276 g/mol. The second-order valence-electron chi connectivity index (χ2n) is 5.33. The summed E-state index contributed by atoms with van der Waals surface area (Å²) < 4.78 is 5.38. The molecule has 1 aromatic carbocycles. The molecule has 0 radical (unpaired) electrons. The molecule has 1 aliphatic heterocycles. The number of rotatable bonds is 4. The maximum atomic E-state index is 12.0. The van der Waals surface area contributed by atoms with Crippen LogP contribution in [0, 0.1) is 12.8 Å². The van der Waals surface area contributed by atoms with Gasteiger partial charge in [0, 0.05) is 31.4 Å². The van der Waals surface area contributed by atoms with Crippen LogP contribution in [0.1, 0.15) is 25.3 Å². The Labute approximate surface area is 121 Å². The minimum absolute atomic E-state index is 0.0935. The van der Waals surface area contributed by atoms with E-state index in [2.05, 4.69) is 28.4 Å². The van der Waals surface area contributed by atoms with Crippen LogP contribution in [0.15, 0.2) is 18.2 Å². The highest BCUT2D eigenvalue weighted by atomic mass is 16.5. The number of nitrogens with zero attached hydrogens (tertiary/aromatic N) is 1. The predicted octanol–water partition coefficient (Wildman–Crippen LogP) is 2.36. The third-order valence-electron chi connectivity index (χ3n) is 3.90. The van der Waals surface area contributed by atoms with Gasteiger partial charge in [0.15, 0.2) is 0 Å². The quantitative estimate of drug-likeness (QED) is 0.918. The summed E-state index contributed by atoms with van der Waals surface area (Å²) in [6.45, 7) is 6.49. The second kappa shape index (κ2) is 6.64. The highest BCUT2D eigenvalue weighted by Gasteiger charge is 2.25. The fraction of sp³-hybridized carbons (Fsp3) is 0.562. The van der Waals surface area contributed by atoms with Crippen LogP contribution in [0.25, 0.3) is 0 Å². The Balaban J connectivity index is 2.10. The Hall–Kier alpha value is -1.71. The molecule has 0 spiro atoms. The highest BCUT2D eigenvalue weighted by Crippen LogP contribution is 2.28. The largest absolute Gasteiger partial charge is 0.496 e. The molecule has 4 nitrogen and oxygen atoms in total. The molecule has 1 saturated heterocycles. The zero-order chi connectivity index (χ0) is 14.5. The third kappa shape index (κ3) is 3.24. The van der Waals surface area contributed by atoms with Gasteiger partial charge in [-0.05, 0) is 38.3 Å². The van der Waals surface area contributed by atoms with E-state index < -0.39 is 0 Å². The highest BCUT2D eigenvalue weighted by molar-refractivity contribution is 5.79. The van der Waals surface area contributed by atoms with Crippen molar-refractivity contribution in [1.82, 2.24) is 5.32 Å². The van der Waals surface area contributed by atoms with E-state index in [0.717, 1.165) is 42.9 Å². The lowest BCUT2D eigenvalue weighted by Crippen LogP contribution is -2.43. The summed E-state index contributed by atoms with van der Waals surface area (Å²) >= 11 is 0. The SMILES string of the molecule is CCNC(=O)C1CCCN(c2ccc(C)c(OC)c2)C1. The average Bonchev–Trinajstić information content (AvgIpc) is 2.48. The van der Waals surface area contributed by atoms with E-state index in [1.165, 1.54) is 0 Å². The second-order valence-corrected chi connectivity index (χ2v) is 5.33. The van der Waals surface area contributed by atoms with Crippen LogP contribution in [0.4, 0.5) is 5.69 Å². The number of amides is 1. The first-order valence-electron chi connectivity index (χ1n) is 7.33. The normalized spacial score (nSPS) is 18.8. The van der Waals surface area contributed by atoms with Crippen molar-refractivity contribution in [3.8, 4) is 5.75 Å². The molecule has 4 heteroatoms. The van der Waals surface area contributed by atoms with Crippen molar-refractivity contribution in [1.29, 1.82) is 0 Å². The molecule has 1 N–H and O–H groups in total. The molecule has 1 atom stereocenters. The van der Waals surface area contributed by atoms with Crippen LogP contribution in [-0.2, 0) is 4.79 Å². The lowest BCUT2D eigenvalue weighted by atomic mass is 9.96. The summed E-state index contributed by atoms with van der Waals surface area (Å²) in [6.07, 6.45) is 2.03. The van der Waals surface area contributed by atoms with Crippen LogP contribution in [0.3, 0.4) is 0 Å². The van der Waals surface area contributed by atoms with Gasteiger partial charge in [-0.3, -0.25) is 4.79 Å². The third-order valence-corrected chi connectivity index (χ3v) is 3.90. The van der Waals surface area contributed by atoms with Crippen molar-refractivity contribution in [2.45, 2.75) is 26.7 Å². The number of hydrogen-bond acceptors (Lipinski definition) is 3. The molecule has 1 aliphatic rings. The molecule has 0 aliphatic carbocycles. The zero-order valence-electron chi connectivity index (χ0n) is 12.6. The first-order chi connectivity index (χ1) is 9.65. The predicted molar refractivity (Wildman–Crippen MR) is 81.4 cm³/mol. The Morgan fingerprint density at radius 2 is 2.30 bits per heavy atom. The lowest BCUT2D eigenvalue weighted by molar-refractivity contribution is -0.125. The average molecular weight is 276 g/mol. The number of hydrogen-bond donors (Lipinski definition) is 1. The van der Waals surface area contributed by atoms with Gasteiger partial charge >= 0.3 is 0 Å². The van der Waals surface area contributed by atoms with E-state index in [9.17, 15) is 4.79 Å². The topological polar surface area (TPSA) is 41.6 Å². The summed E-state index contributed by atoms with van der Waals surface area (Å²) in [4.78, 5) is 14.3. The molecule has 1 fully saturated rings. The molecule has 1 amide bonds. The Morgan fingerprint density at radius 3 is 3.00 bits per heavy atom. The van der Waals surface area contributed by atoms with Gasteiger partial charge in [0.1, 0.15) is 5.75 Å². The number of ether oxygens (including phenoxy) is 1. The molecule has 0 aromatic heterocycles. The molecule has 2 rings (SSSR count). The summed E-state index contributed by atoms with van der Waals surface area (Å²) in [5.74, 6) is 1.18. The number of benzene rings is 1. The summed E-state index contributed by atoms with van der Waals surface area (Å²) in [6, 6.07) is 6.25. The fourth-order valence-electron chi connectivity index (χ4n) is 2.75. The van der Waals surface area contributed by atoms with E-state index in [0.29, 0.717) is 6.54 Å². The summed E-state index contributed by atoms with van der Waals surface area (Å²) in [5.41, 5.74) is 2.27. The zero-order valence-corrected chi connectivity index (χ0v) is 12.6. The molecule has 1 heterocycles. The smallest absolute Gasteiger partial charge is 0.224 e. The van der Waals surface area contributed by atoms with Crippen LogP contribution in [-0.4, -0.2) is 32.7 Å². The van der Waals surface area contributed by atoms with Crippen LogP contribution < -0.4 is 15.0 Å². The van der Waals surface area contributed by atoms with Gasteiger partial charge in [-0.25, -0.2) is 0 Å². The number of carbonyl (C=O) groups excluding carboxylic acids is 1. The minimum atomic E-state index is 0.0935. The fourth-order valence-corrected chi connectivity index (χ4v) is 2.75. The molecule has 110 valence electrons. The van der Waals surface area contributed by atoms with E-state index in [-0.39, 0.29) is 11.8 Å². The van der Waals surface area contributed by atoms with Crippen molar-refractivity contribution in [3.05, 3.63) is 23.8 Å². The Kier molecular flexibility index (Phi) is 4.88. The van der Waals surface area contributed by atoms with E-state index in [4.69, 9.17) is 4.74 Å². The summed E-state index contributed by atoms with van der Waals surface area (Å²) in [5, 5.41) is 2.93. The standard InChI is InChI=1S/C16H24N2O2/c1-4-17-16(19)13-6-5-9-18(11-13)14-8-7-12(2)15(10-14)20-3/h7-8,10,13H,4-6,9,11H2,1-3H3,(H,17,19). The van der Waals surface area contributed by atoms with Gasteiger partial charge in [-0.2, -0.15) is 0 Å². The molecule has 1 aromatic rings. The molecular weight excluding hydrogens is 252 g/mol. The molecule has 20 heavy (non-hydrogen) atoms. The number of carbonyl (C=O) groups is 1. The van der Waals surface area contributed by atoms with E-state index in [1.54, 1.807) is 7.11 Å². The van der Waals surface area contributed by atoms with Crippen LogP contribution >= 0.6 is 0 Å². The number of anilines is 1. The van der Waals surface area contributed by atoms with Gasteiger partial charge in [0.05, 0.1) is 13.0 Å². The first-order valence-corrected chi connectivity index (χ1v) is 7.33. The molecule has 0 bridgehead atoms. The maximum Gasteiger partial charge on any atom is 0.224 e. The molecule has 0 saturated carbocycles. The lowest BCUT2D eigenvalue weighted by Gasteiger charge is -2.34. The Bertz CT molecular complexity index is 474. The van der Waals surface area contributed by atoms with Gasteiger partial charge in [-0.1, -0.05) is 6.07 Å². The number of methoxy groups -OCH3 is 1. The number of nitrogens with one attached hydrogen (secondary N) is 1. The number of aryl methyl sites for hydroxylation is 1. The van der Waals surface area contributed by atoms with E-state index >= 15 is 0 Å². The van der Waals surface area contributed by atoms with Gasteiger partial charge < -0.3 is 15.0 Å². The molecular formula is C16H24N2O2. The van der Waals surface area contributed by atoms with Crippen molar-refractivity contribution in [3.63, 3.8) is 0 Å². The number of piperidine rings is 1. The molecule has 1 unspecified atom stereocenters. The Morgan fingerprint density at radius 1 is 1.50 bits per heavy atom. The van der Waals surface area contributed by atoms with Crippen molar-refractivity contribution < 1.29 is 9.53 Å². The van der Waals surface area contributed by atoms with Crippen molar-refractivity contribution in [2.24, 2.45) is 5.92 Å². The van der Waals surface area contributed by atoms with Crippen LogP contribution in [0.5, 0.6) is 5.75 Å². The maximum absolute atomic E-state index is 12.0. The van der Waals surface area contributed by atoms with Gasteiger partial charge in [0.25, 0.3) is 0 Å². The van der Waals surface area contributed by atoms with E-state index in [1.807, 2.05) is 13.8 Å². The van der Waals surface area contributed by atoms with Crippen LogP contribution in [0.2, 0.25) is 0 Å². The first kappa shape index (κ1) is 14.7. The van der Waals surface area contributed by atoms with Crippen molar-refractivity contribution >= 4 is 11.6 Å².